The van der Waals surface area contributed by atoms with Crippen LogP contribution in [0.15, 0.2) is 28.1 Å². The minimum atomic E-state index is -0.0919. The molecule has 2 aromatic heterocycles. The second kappa shape index (κ2) is 7.68. The molecule has 1 aliphatic rings. The first-order valence-corrected chi connectivity index (χ1v) is 9.52. The van der Waals surface area contributed by atoms with Crippen LogP contribution in [0.2, 0.25) is 0 Å². The molecular weight excluding hydrogens is 336 g/mol. The van der Waals surface area contributed by atoms with Gasteiger partial charge in [-0.15, -0.1) is 11.3 Å². The maximum Gasteiger partial charge on any atom is 0.240 e. The minimum absolute atomic E-state index is 0.0525. The van der Waals surface area contributed by atoms with E-state index in [1.54, 1.807) is 17.4 Å². The SMILES string of the molecule is CC(C)(C)c1cc(NC(=O)CN2CCN(Cc3cccs3)CC2)on1. The van der Waals surface area contributed by atoms with Crippen molar-refractivity contribution in [3.05, 3.63) is 34.2 Å². The van der Waals surface area contributed by atoms with Gasteiger partial charge in [0.05, 0.1) is 12.2 Å². The van der Waals surface area contributed by atoms with Gasteiger partial charge in [-0.1, -0.05) is 32.0 Å². The van der Waals surface area contributed by atoms with Gasteiger partial charge in [-0.3, -0.25) is 19.9 Å². The normalized spacial score (nSPS) is 16.9. The van der Waals surface area contributed by atoms with Gasteiger partial charge in [-0.05, 0) is 11.4 Å². The number of aromatic nitrogens is 1. The summed E-state index contributed by atoms with van der Waals surface area (Å²) >= 11 is 1.80. The fourth-order valence-corrected chi connectivity index (χ4v) is 3.54. The predicted molar refractivity (Wildman–Crippen MR) is 99.9 cm³/mol. The van der Waals surface area contributed by atoms with E-state index in [1.165, 1.54) is 4.88 Å². The molecule has 1 fully saturated rings. The molecule has 3 heterocycles. The number of rotatable bonds is 5. The fraction of sp³-hybridized carbons (Fsp3) is 0.556. The summed E-state index contributed by atoms with van der Waals surface area (Å²) in [4.78, 5) is 18.2. The number of piperazine rings is 1. The van der Waals surface area contributed by atoms with Crippen molar-refractivity contribution in [1.82, 2.24) is 15.0 Å². The predicted octanol–water partition coefficient (Wildman–Crippen LogP) is 2.79. The summed E-state index contributed by atoms with van der Waals surface area (Å²) in [6.45, 7) is 11.4. The Balaban J connectivity index is 1.42. The molecule has 0 aliphatic carbocycles. The summed E-state index contributed by atoms with van der Waals surface area (Å²) < 4.78 is 5.22. The average Bonchev–Trinajstić information content (AvgIpc) is 3.20. The van der Waals surface area contributed by atoms with Crippen LogP contribution < -0.4 is 5.32 Å². The number of nitrogens with one attached hydrogen (secondary N) is 1. The molecule has 25 heavy (non-hydrogen) atoms. The van der Waals surface area contributed by atoms with Gasteiger partial charge in [0.1, 0.15) is 0 Å². The molecule has 0 bridgehead atoms. The second-order valence-corrected chi connectivity index (χ2v) is 8.54. The summed E-state index contributed by atoms with van der Waals surface area (Å²) in [5.41, 5.74) is 0.746. The molecule has 0 radical (unpaired) electrons. The summed E-state index contributed by atoms with van der Waals surface area (Å²) in [7, 11) is 0. The van der Waals surface area contributed by atoms with E-state index in [0.29, 0.717) is 12.4 Å². The van der Waals surface area contributed by atoms with Crippen LogP contribution in [0.25, 0.3) is 0 Å². The zero-order chi connectivity index (χ0) is 17.9. The van der Waals surface area contributed by atoms with Crippen molar-refractivity contribution >= 4 is 23.1 Å². The highest BCUT2D eigenvalue weighted by molar-refractivity contribution is 7.09. The minimum Gasteiger partial charge on any atom is -0.338 e. The Morgan fingerprint density at radius 1 is 1.28 bits per heavy atom. The highest BCUT2D eigenvalue weighted by atomic mass is 32.1. The zero-order valence-corrected chi connectivity index (χ0v) is 15.9. The zero-order valence-electron chi connectivity index (χ0n) is 15.1. The van der Waals surface area contributed by atoms with E-state index in [1.807, 2.05) is 0 Å². The molecule has 0 atom stereocenters. The molecule has 0 spiro atoms. The van der Waals surface area contributed by atoms with Gasteiger partial charge in [0.15, 0.2) is 0 Å². The number of hydrogen-bond donors (Lipinski definition) is 1. The van der Waals surface area contributed by atoms with E-state index in [9.17, 15) is 4.79 Å². The third-order valence-electron chi connectivity index (χ3n) is 4.33. The number of carbonyl (C=O) groups excluding carboxylic acids is 1. The Hall–Kier alpha value is -1.70. The number of amides is 1. The second-order valence-electron chi connectivity index (χ2n) is 7.51. The topological polar surface area (TPSA) is 61.6 Å². The number of anilines is 1. The Morgan fingerprint density at radius 2 is 2.00 bits per heavy atom. The molecule has 1 amide bonds. The van der Waals surface area contributed by atoms with Crippen LogP contribution in [-0.4, -0.2) is 53.6 Å². The Morgan fingerprint density at radius 3 is 2.60 bits per heavy atom. The number of hydrogen-bond acceptors (Lipinski definition) is 6. The largest absolute Gasteiger partial charge is 0.338 e. The molecule has 0 aromatic carbocycles. The summed E-state index contributed by atoms with van der Waals surface area (Å²) in [5.74, 6) is 0.370. The molecular formula is C18H26N4O2S. The van der Waals surface area contributed by atoms with Crippen LogP contribution in [0, 0.1) is 0 Å². The quantitative estimate of drug-likeness (QED) is 0.886. The van der Waals surface area contributed by atoms with Crippen molar-refractivity contribution in [2.45, 2.75) is 32.7 Å². The van der Waals surface area contributed by atoms with Gasteiger partial charge >= 0.3 is 0 Å². The Kier molecular flexibility index (Phi) is 5.56. The van der Waals surface area contributed by atoms with E-state index >= 15 is 0 Å². The Labute approximate surface area is 152 Å². The van der Waals surface area contributed by atoms with Gasteiger partial charge in [-0.25, -0.2) is 0 Å². The first-order valence-electron chi connectivity index (χ1n) is 8.64. The molecule has 0 unspecified atom stereocenters. The smallest absolute Gasteiger partial charge is 0.240 e. The highest BCUT2D eigenvalue weighted by Crippen LogP contribution is 2.23. The summed E-state index contributed by atoms with van der Waals surface area (Å²) in [6, 6.07) is 6.07. The van der Waals surface area contributed by atoms with Gasteiger partial charge < -0.3 is 4.52 Å². The molecule has 0 saturated carbocycles. The van der Waals surface area contributed by atoms with Gasteiger partial charge in [0.25, 0.3) is 0 Å². The van der Waals surface area contributed by atoms with Crippen LogP contribution in [-0.2, 0) is 16.8 Å². The lowest BCUT2D eigenvalue weighted by molar-refractivity contribution is -0.117. The lowest BCUT2D eigenvalue weighted by atomic mass is 9.92. The van der Waals surface area contributed by atoms with Gasteiger partial charge in [-0.2, -0.15) is 0 Å². The van der Waals surface area contributed by atoms with Gasteiger partial charge in [0, 0.05) is 49.1 Å². The van der Waals surface area contributed by atoms with E-state index in [4.69, 9.17) is 4.52 Å². The van der Waals surface area contributed by atoms with Crippen molar-refractivity contribution in [3.8, 4) is 0 Å². The summed E-state index contributed by atoms with van der Waals surface area (Å²) in [6.07, 6.45) is 0. The number of nitrogens with zero attached hydrogens (tertiary/aromatic N) is 3. The van der Waals surface area contributed by atoms with E-state index in [-0.39, 0.29) is 11.3 Å². The first kappa shape index (κ1) is 18.1. The molecule has 1 saturated heterocycles. The third-order valence-corrected chi connectivity index (χ3v) is 5.19. The monoisotopic (exact) mass is 362 g/mol. The van der Waals surface area contributed by atoms with Crippen LogP contribution in [0.4, 0.5) is 5.88 Å². The molecule has 1 aliphatic heterocycles. The van der Waals surface area contributed by atoms with Crippen molar-refractivity contribution in [2.75, 3.05) is 38.0 Å². The third kappa shape index (κ3) is 5.14. The summed E-state index contributed by atoms with van der Waals surface area (Å²) in [5, 5.41) is 8.95. The highest BCUT2D eigenvalue weighted by Gasteiger charge is 2.22. The van der Waals surface area contributed by atoms with Crippen molar-refractivity contribution < 1.29 is 9.32 Å². The van der Waals surface area contributed by atoms with Crippen LogP contribution in [0.3, 0.4) is 0 Å². The van der Waals surface area contributed by atoms with Crippen molar-refractivity contribution in [2.24, 2.45) is 0 Å². The molecule has 1 N–H and O–H groups in total. The lowest BCUT2D eigenvalue weighted by Crippen LogP contribution is -2.48. The van der Waals surface area contributed by atoms with E-state index < -0.39 is 0 Å². The van der Waals surface area contributed by atoms with Crippen LogP contribution in [0.1, 0.15) is 31.3 Å². The van der Waals surface area contributed by atoms with Crippen LogP contribution >= 0.6 is 11.3 Å². The Bertz CT molecular complexity index is 682. The van der Waals surface area contributed by atoms with Crippen LogP contribution in [0.5, 0.6) is 0 Å². The number of thiophene rings is 1. The average molecular weight is 362 g/mol. The molecule has 2 aromatic rings. The van der Waals surface area contributed by atoms with Crippen molar-refractivity contribution in [1.29, 1.82) is 0 Å². The number of carbonyl (C=O) groups is 1. The molecule has 7 heteroatoms. The maximum atomic E-state index is 12.2. The molecule has 136 valence electrons. The fourth-order valence-electron chi connectivity index (χ4n) is 2.80. The van der Waals surface area contributed by atoms with Crippen molar-refractivity contribution in [3.63, 3.8) is 0 Å². The van der Waals surface area contributed by atoms with Gasteiger partial charge in [0.2, 0.25) is 11.8 Å². The first-order chi connectivity index (χ1) is 11.9. The standard InChI is InChI=1S/C18H26N4O2S/c1-18(2,3)15-11-17(24-20-15)19-16(23)13-22-8-6-21(7-9-22)12-14-5-4-10-25-14/h4-5,10-11H,6-9,12-13H2,1-3H3,(H,19,23). The van der Waals surface area contributed by atoms with E-state index in [0.717, 1.165) is 38.4 Å². The van der Waals surface area contributed by atoms with E-state index in [2.05, 4.69) is 58.6 Å². The molecule has 6 nitrogen and oxygen atoms in total. The maximum absolute atomic E-state index is 12.2. The lowest BCUT2D eigenvalue weighted by Gasteiger charge is -2.33. The molecule has 3 rings (SSSR count).